The number of hydrogen-bond acceptors (Lipinski definition) is 5. The highest BCUT2D eigenvalue weighted by Crippen LogP contribution is 2.18. The van der Waals surface area contributed by atoms with Crippen LogP contribution in [0, 0.1) is 0 Å². The summed E-state index contributed by atoms with van der Waals surface area (Å²) >= 11 is 0. The number of hydrogen-bond donors (Lipinski definition) is 1. The molecule has 3 aliphatic heterocycles. The summed E-state index contributed by atoms with van der Waals surface area (Å²) in [7, 11) is -2.90. The largest absolute Gasteiger partial charge is 0.553 e. The molecule has 1 N–H and O–H groups in total. The van der Waals surface area contributed by atoms with Crippen molar-refractivity contribution >= 4 is 25.7 Å². The summed E-state index contributed by atoms with van der Waals surface area (Å²) in [6, 6.07) is 0. The van der Waals surface area contributed by atoms with E-state index in [2.05, 4.69) is 4.90 Å². The molecule has 0 spiro atoms. The predicted molar refractivity (Wildman–Crippen MR) is 70.7 cm³/mol. The first-order valence-corrected chi connectivity index (χ1v) is 9.95. The Morgan fingerprint density at radius 3 is 2.17 bits per heavy atom. The summed E-state index contributed by atoms with van der Waals surface area (Å²) in [5.41, 5.74) is 0. The standard InChI is InChI=1S/C10H19NO5SSi/c1-17(8-10(12)13)9-18-14-5-2-11(3-6-15-18)4-7-16-18/h2-9H2,1H3/p+1. The zero-order valence-corrected chi connectivity index (χ0v) is 12.4. The third-order valence-electron chi connectivity index (χ3n) is 2.98. The van der Waals surface area contributed by atoms with E-state index < -0.39 is 14.8 Å². The summed E-state index contributed by atoms with van der Waals surface area (Å²) in [4.78, 5) is 13.0. The Kier molecular flexibility index (Phi) is 5.04. The quantitative estimate of drug-likeness (QED) is 0.539. The van der Waals surface area contributed by atoms with Gasteiger partial charge in [0, 0.05) is 30.5 Å². The van der Waals surface area contributed by atoms with Crippen molar-refractivity contribution in [2.75, 3.05) is 56.8 Å². The molecule has 8 heteroatoms. The summed E-state index contributed by atoms with van der Waals surface area (Å²) in [6.45, 7) is 4.61. The van der Waals surface area contributed by atoms with E-state index in [4.69, 9.17) is 18.4 Å². The number of carboxylic acids is 1. The van der Waals surface area contributed by atoms with Crippen LogP contribution in [-0.4, -0.2) is 81.6 Å². The van der Waals surface area contributed by atoms with Crippen LogP contribution in [0.3, 0.4) is 0 Å². The van der Waals surface area contributed by atoms with Gasteiger partial charge < -0.3 is 18.4 Å². The first-order chi connectivity index (χ1) is 8.60. The normalized spacial score (nSPS) is 34.4. The maximum atomic E-state index is 10.7. The average Bonchev–Trinajstić information content (AvgIpc) is 2.18. The predicted octanol–water partition coefficient (Wildman–Crippen LogP) is -0.824. The second kappa shape index (κ2) is 6.35. The van der Waals surface area contributed by atoms with Crippen molar-refractivity contribution in [2.45, 2.75) is 0 Å². The van der Waals surface area contributed by atoms with Crippen LogP contribution in [0.2, 0.25) is 0 Å². The van der Waals surface area contributed by atoms with Gasteiger partial charge >= 0.3 is 14.8 Å². The van der Waals surface area contributed by atoms with Crippen LogP contribution in [0.5, 0.6) is 0 Å². The van der Waals surface area contributed by atoms with E-state index in [1.165, 1.54) is 0 Å². The minimum Gasteiger partial charge on any atom is -0.478 e. The van der Waals surface area contributed by atoms with Crippen molar-refractivity contribution in [3.8, 4) is 0 Å². The van der Waals surface area contributed by atoms with E-state index in [0.717, 1.165) is 19.6 Å². The van der Waals surface area contributed by atoms with Crippen molar-refractivity contribution in [2.24, 2.45) is 0 Å². The molecule has 3 aliphatic rings. The van der Waals surface area contributed by atoms with Gasteiger partial charge in [0.05, 0.1) is 26.1 Å². The summed E-state index contributed by atoms with van der Waals surface area (Å²) in [5.74, 6) is -0.606. The van der Waals surface area contributed by atoms with Crippen molar-refractivity contribution in [1.29, 1.82) is 0 Å². The molecule has 18 heavy (non-hydrogen) atoms. The molecule has 3 rings (SSSR count). The van der Waals surface area contributed by atoms with Gasteiger partial charge in [-0.05, 0) is 0 Å². The maximum Gasteiger partial charge on any atom is 0.553 e. The van der Waals surface area contributed by atoms with Crippen molar-refractivity contribution in [1.82, 2.24) is 4.90 Å². The Bertz CT molecular complexity index is 279. The molecule has 0 aromatic carbocycles. The molecule has 3 fully saturated rings. The lowest BCUT2D eigenvalue weighted by atomic mass is 10.4. The van der Waals surface area contributed by atoms with Gasteiger partial charge in [-0.25, -0.2) is 4.79 Å². The second-order valence-corrected chi connectivity index (χ2v) is 9.77. The molecule has 104 valence electrons. The highest BCUT2D eigenvalue weighted by atomic mass is 32.2. The zero-order chi connectivity index (χ0) is 13.0. The van der Waals surface area contributed by atoms with Crippen LogP contribution >= 0.6 is 0 Å². The van der Waals surface area contributed by atoms with Crippen LogP contribution in [0.25, 0.3) is 0 Å². The molecule has 3 saturated heterocycles. The molecule has 0 amide bonds. The SMILES string of the molecule is C[S+](CC(=O)O)C[Si]12OCCN(CCO1)CCO2. The van der Waals surface area contributed by atoms with Crippen LogP contribution in [0.4, 0.5) is 0 Å². The highest BCUT2D eigenvalue weighted by Gasteiger charge is 2.50. The van der Waals surface area contributed by atoms with Gasteiger partial charge in [0.15, 0.2) is 5.38 Å². The molecule has 2 bridgehead atoms. The molecular weight excluding hydrogens is 274 g/mol. The first kappa shape index (κ1) is 14.3. The Balaban J connectivity index is 1.98. The molecule has 0 saturated carbocycles. The Hall–Kier alpha value is -0.123. The number of carboxylic acid groups (broad SMARTS) is 1. The second-order valence-electron chi connectivity index (χ2n) is 4.53. The molecule has 1 unspecified atom stereocenters. The van der Waals surface area contributed by atoms with Crippen LogP contribution < -0.4 is 0 Å². The lowest BCUT2D eigenvalue weighted by Gasteiger charge is -2.37. The van der Waals surface area contributed by atoms with E-state index in [9.17, 15) is 4.79 Å². The molecule has 1 atom stereocenters. The monoisotopic (exact) mass is 294 g/mol. The first-order valence-electron chi connectivity index (χ1n) is 6.05. The Labute approximate surface area is 111 Å². The van der Waals surface area contributed by atoms with Gasteiger partial charge in [-0.2, -0.15) is 0 Å². The maximum absolute atomic E-state index is 10.7. The number of rotatable bonds is 4. The van der Waals surface area contributed by atoms with E-state index in [1.807, 2.05) is 6.26 Å². The van der Waals surface area contributed by atoms with E-state index in [0.29, 0.717) is 25.2 Å². The van der Waals surface area contributed by atoms with Gasteiger partial charge in [0.1, 0.15) is 0 Å². The van der Waals surface area contributed by atoms with E-state index in [1.54, 1.807) is 0 Å². The lowest BCUT2D eigenvalue weighted by Crippen LogP contribution is -2.59. The minimum atomic E-state index is -2.63. The van der Waals surface area contributed by atoms with Crippen LogP contribution in [0.1, 0.15) is 0 Å². The molecule has 0 aliphatic carbocycles. The van der Waals surface area contributed by atoms with Crippen molar-refractivity contribution in [3.05, 3.63) is 0 Å². The average molecular weight is 294 g/mol. The smallest absolute Gasteiger partial charge is 0.478 e. The molecule has 3 heterocycles. The lowest BCUT2D eigenvalue weighted by molar-refractivity contribution is -0.133. The van der Waals surface area contributed by atoms with Crippen molar-refractivity contribution < 1.29 is 23.2 Å². The van der Waals surface area contributed by atoms with E-state index >= 15 is 0 Å². The van der Waals surface area contributed by atoms with Gasteiger partial charge in [0.25, 0.3) is 0 Å². The summed E-state index contributed by atoms with van der Waals surface area (Å²) in [5, 5.41) is 9.45. The highest BCUT2D eigenvalue weighted by molar-refractivity contribution is 7.98. The van der Waals surface area contributed by atoms with Crippen LogP contribution in [-0.2, 0) is 29.0 Å². The van der Waals surface area contributed by atoms with Gasteiger partial charge in [-0.3, -0.25) is 4.90 Å². The third-order valence-corrected chi connectivity index (χ3v) is 9.04. The molecule has 6 nitrogen and oxygen atoms in total. The topological polar surface area (TPSA) is 68.2 Å². The van der Waals surface area contributed by atoms with Gasteiger partial charge in [-0.15, -0.1) is 0 Å². The van der Waals surface area contributed by atoms with Crippen LogP contribution in [0.15, 0.2) is 0 Å². The minimum absolute atomic E-state index is 0.164. The number of carbonyl (C=O) groups is 1. The Morgan fingerprint density at radius 2 is 1.72 bits per heavy atom. The third kappa shape index (κ3) is 3.94. The molecular formula is C10H20NO5SSi+. The number of nitrogens with zero attached hydrogens (tertiary/aromatic N) is 1. The van der Waals surface area contributed by atoms with Gasteiger partial charge in [-0.1, -0.05) is 0 Å². The number of aliphatic carboxylic acids is 1. The molecule has 0 radical (unpaired) electrons. The van der Waals surface area contributed by atoms with E-state index in [-0.39, 0.29) is 16.6 Å². The molecule has 0 aromatic rings. The fraction of sp³-hybridized carbons (Fsp3) is 0.900. The fourth-order valence-electron chi connectivity index (χ4n) is 2.14. The Morgan fingerprint density at radius 1 is 1.22 bits per heavy atom. The van der Waals surface area contributed by atoms with Gasteiger partial charge in [0.2, 0.25) is 5.75 Å². The summed E-state index contributed by atoms with van der Waals surface area (Å²) < 4.78 is 17.6. The fourth-order valence-corrected chi connectivity index (χ4v) is 7.84. The molecule has 0 aromatic heterocycles. The number of fused-ring (bicyclic) bond motifs is 6. The summed E-state index contributed by atoms with van der Waals surface area (Å²) in [6.07, 6.45) is 1.94. The zero-order valence-electron chi connectivity index (χ0n) is 10.6. The van der Waals surface area contributed by atoms with Crippen molar-refractivity contribution in [3.63, 3.8) is 0 Å².